The Labute approximate surface area is 121 Å². The first kappa shape index (κ1) is 15.8. The topological polar surface area (TPSA) is 73.2 Å². The molecule has 0 radical (unpaired) electrons. The summed E-state index contributed by atoms with van der Waals surface area (Å²) in [4.78, 5) is 23.5. The van der Waals surface area contributed by atoms with Gasteiger partial charge in [0.2, 0.25) is 0 Å². The van der Waals surface area contributed by atoms with Gasteiger partial charge in [0.05, 0.1) is 11.6 Å². The van der Waals surface area contributed by atoms with E-state index in [0.29, 0.717) is 6.54 Å². The van der Waals surface area contributed by atoms with Gasteiger partial charge < -0.3 is 10.1 Å². The maximum absolute atomic E-state index is 12.0. The van der Waals surface area contributed by atoms with Gasteiger partial charge in [-0.1, -0.05) is 11.6 Å². The number of aromatic nitrogens is 2. The van der Waals surface area contributed by atoms with Gasteiger partial charge in [-0.3, -0.25) is 9.48 Å². The van der Waals surface area contributed by atoms with Crippen LogP contribution in [0.15, 0.2) is 6.20 Å². The molecule has 106 valence electrons. The molecule has 0 spiro atoms. The van der Waals surface area contributed by atoms with Crippen molar-refractivity contribution in [2.24, 2.45) is 0 Å². The normalized spacial score (nSPS) is 12.0. The van der Waals surface area contributed by atoms with Gasteiger partial charge in [-0.15, -0.1) is 0 Å². The molecule has 1 heterocycles. The lowest BCUT2D eigenvalue weighted by Gasteiger charge is -2.14. The molecule has 0 aliphatic heterocycles. The van der Waals surface area contributed by atoms with Crippen molar-refractivity contribution in [2.45, 2.75) is 26.4 Å². The Balaban J connectivity index is 2.76. The number of amides is 1. The molecule has 1 N–H and O–H groups in total. The van der Waals surface area contributed by atoms with Crippen molar-refractivity contribution in [3.63, 3.8) is 0 Å². The van der Waals surface area contributed by atoms with E-state index in [-0.39, 0.29) is 23.1 Å². The minimum Gasteiger partial charge on any atom is -0.464 e. The number of carbonyl (C=O) groups is 2. The Bertz CT molecular complexity index is 464. The summed E-state index contributed by atoms with van der Waals surface area (Å²) in [6.07, 6.45) is 1.55. The zero-order valence-corrected chi connectivity index (χ0v) is 12.4. The second-order valence-electron chi connectivity index (χ2n) is 3.64. The highest BCUT2D eigenvalue weighted by atomic mass is 35.5. The van der Waals surface area contributed by atoms with E-state index < -0.39 is 17.9 Å². The summed E-state index contributed by atoms with van der Waals surface area (Å²) in [6, 6.07) is -0.821. The van der Waals surface area contributed by atoms with Gasteiger partial charge in [-0.05, 0) is 13.8 Å². The molecule has 0 aliphatic carbocycles. The summed E-state index contributed by atoms with van der Waals surface area (Å²) in [7, 11) is 0. The van der Waals surface area contributed by atoms with Crippen LogP contribution >= 0.6 is 24.2 Å². The molecule has 0 saturated heterocycles. The lowest BCUT2D eigenvalue weighted by atomic mass is 10.3. The van der Waals surface area contributed by atoms with Gasteiger partial charge in [-0.25, -0.2) is 4.79 Å². The number of rotatable bonds is 6. The lowest BCUT2D eigenvalue weighted by Crippen LogP contribution is -2.43. The van der Waals surface area contributed by atoms with E-state index in [1.807, 2.05) is 6.92 Å². The van der Waals surface area contributed by atoms with E-state index in [4.69, 9.17) is 16.3 Å². The first-order valence-electron chi connectivity index (χ1n) is 5.84. The Morgan fingerprint density at radius 1 is 1.58 bits per heavy atom. The zero-order valence-electron chi connectivity index (χ0n) is 10.7. The van der Waals surface area contributed by atoms with Crippen molar-refractivity contribution in [1.29, 1.82) is 0 Å². The lowest BCUT2D eigenvalue weighted by molar-refractivity contribution is -0.144. The molecular weight excluding hydrogens is 290 g/mol. The van der Waals surface area contributed by atoms with Crippen LogP contribution in [-0.2, 0) is 16.1 Å². The highest BCUT2D eigenvalue weighted by Crippen LogP contribution is 2.14. The summed E-state index contributed by atoms with van der Waals surface area (Å²) in [5, 5.41) is 6.75. The SMILES string of the molecule is CCOC(=O)[C@H](CS)NC(=O)c1nn(CC)cc1Cl. The molecule has 0 fully saturated rings. The summed E-state index contributed by atoms with van der Waals surface area (Å²) in [5.74, 6) is -0.919. The van der Waals surface area contributed by atoms with Crippen molar-refractivity contribution >= 4 is 36.1 Å². The smallest absolute Gasteiger partial charge is 0.329 e. The van der Waals surface area contributed by atoms with E-state index in [0.717, 1.165) is 0 Å². The molecule has 0 aliphatic rings. The average Bonchev–Trinajstić information content (AvgIpc) is 2.77. The van der Waals surface area contributed by atoms with Gasteiger partial charge >= 0.3 is 5.97 Å². The van der Waals surface area contributed by atoms with Gasteiger partial charge in [0.1, 0.15) is 6.04 Å². The summed E-state index contributed by atoms with van der Waals surface area (Å²) in [5.41, 5.74) is 0.0830. The van der Waals surface area contributed by atoms with Crippen LogP contribution in [0.4, 0.5) is 0 Å². The number of nitrogens with zero attached hydrogens (tertiary/aromatic N) is 2. The molecule has 1 atom stereocenters. The number of nitrogens with one attached hydrogen (secondary N) is 1. The number of hydrogen-bond donors (Lipinski definition) is 2. The fourth-order valence-electron chi connectivity index (χ4n) is 1.36. The molecule has 1 aromatic heterocycles. The zero-order chi connectivity index (χ0) is 14.4. The maximum Gasteiger partial charge on any atom is 0.329 e. The van der Waals surface area contributed by atoms with Crippen molar-refractivity contribution in [3.8, 4) is 0 Å². The van der Waals surface area contributed by atoms with E-state index in [2.05, 4.69) is 23.0 Å². The Morgan fingerprint density at radius 3 is 2.74 bits per heavy atom. The Kier molecular flexibility index (Phi) is 6.17. The fraction of sp³-hybridized carbons (Fsp3) is 0.545. The van der Waals surface area contributed by atoms with Crippen molar-refractivity contribution in [1.82, 2.24) is 15.1 Å². The van der Waals surface area contributed by atoms with Gasteiger partial charge in [-0.2, -0.15) is 17.7 Å². The van der Waals surface area contributed by atoms with Crippen LogP contribution < -0.4 is 5.32 Å². The van der Waals surface area contributed by atoms with Crippen LogP contribution in [0.2, 0.25) is 5.02 Å². The molecule has 0 saturated carbocycles. The van der Waals surface area contributed by atoms with Gasteiger partial charge in [0.15, 0.2) is 5.69 Å². The number of aryl methyl sites for hydroxylation is 1. The van der Waals surface area contributed by atoms with Gasteiger partial charge in [0, 0.05) is 18.5 Å². The fourth-order valence-corrected chi connectivity index (χ4v) is 1.84. The average molecular weight is 306 g/mol. The second kappa shape index (κ2) is 7.40. The summed E-state index contributed by atoms with van der Waals surface area (Å²) in [6.45, 7) is 4.40. The molecule has 0 bridgehead atoms. The standard InChI is InChI=1S/C11H16ClN3O3S/c1-3-15-5-7(12)9(14-15)10(16)13-8(6-19)11(17)18-4-2/h5,8,19H,3-4,6H2,1-2H3,(H,13,16)/t8-/m0/s1. The molecule has 19 heavy (non-hydrogen) atoms. The third-order valence-corrected chi connectivity index (χ3v) is 2.96. The number of esters is 1. The first-order chi connectivity index (χ1) is 9.03. The van der Waals surface area contributed by atoms with Crippen LogP contribution in [0, 0.1) is 0 Å². The predicted octanol–water partition coefficient (Wildman–Crippen LogP) is 1.15. The minimum atomic E-state index is -0.821. The highest BCUT2D eigenvalue weighted by Gasteiger charge is 2.24. The van der Waals surface area contributed by atoms with Crippen molar-refractivity contribution in [3.05, 3.63) is 16.9 Å². The molecule has 0 unspecified atom stereocenters. The number of ether oxygens (including phenoxy) is 1. The van der Waals surface area contributed by atoms with Crippen molar-refractivity contribution in [2.75, 3.05) is 12.4 Å². The Morgan fingerprint density at radius 2 is 2.26 bits per heavy atom. The monoisotopic (exact) mass is 305 g/mol. The maximum atomic E-state index is 12.0. The molecule has 1 rings (SSSR count). The van der Waals surface area contributed by atoms with Crippen LogP contribution in [-0.4, -0.2) is 40.1 Å². The second-order valence-corrected chi connectivity index (χ2v) is 4.41. The quantitative estimate of drug-likeness (QED) is 0.611. The number of carbonyl (C=O) groups excluding carboxylic acids is 2. The van der Waals surface area contributed by atoms with E-state index in [9.17, 15) is 9.59 Å². The van der Waals surface area contributed by atoms with Crippen LogP contribution in [0.5, 0.6) is 0 Å². The minimum absolute atomic E-state index is 0.0830. The predicted molar refractivity (Wildman–Crippen MR) is 74.7 cm³/mol. The molecule has 1 amide bonds. The largest absolute Gasteiger partial charge is 0.464 e. The molecule has 8 heteroatoms. The van der Waals surface area contributed by atoms with E-state index in [1.165, 1.54) is 4.68 Å². The highest BCUT2D eigenvalue weighted by molar-refractivity contribution is 7.80. The molecule has 1 aromatic rings. The Hall–Kier alpha value is -1.21. The third-order valence-electron chi connectivity index (χ3n) is 2.32. The van der Waals surface area contributed by atoms with Crippen LogP contribution in [0.1, 0.15) is 24.3 Å². The number of halogens is 1. The van der Waals surface area contributed by atoms with Crippen LogP contribution in [0.3, 0.4) is 0 Å². The summed E-state index contributed by atoms with van der Waals surface area (Å²) < 4.78 is 6.37. The van der Waals surface area contributed by atoms with E-state index in [1.54, 1.807) is 13.1 Å². The first-order valence-corrected chi connectivity index (χ1v) is 6.85. The molecular formula is C11H16ClN3O3S. The summed E-state index contributed by atoms with van der Waals surface area (Å²) >= 11 is 9.92. The van der Waals surface area contributed by atoms with Crippen molar-refractivity contribution < 1.29 is 14.3 Å². The third kappa shape index (κ3) is 4.14. The number of hydrogen-bond acceptors (Lipinski definition) is 5. The number of thiol groups is 1. The molecule has 6 nitrogen and oxygen atoms in total. The van der Waals surface area contributed by atoms with E-state index >= 15 is 0 Å². The molecule has 0 aromatic carbocycles. The van der Waals surface area contributed by atoms with Gasteiger partial charge in [0.25, 0.3) is 5.91 Å². The van der Waals surface area contributed by atoms with Crippen LogP contribution in [0.25, 0.3) is 0 Å².